The number of ketones is 1. The van der Waals surface area contributed by atoms with Crippen molar-refractivity contribution in [2.24, 2.45) is 0 Å². The summed E-state index contributed by atoms with van der Waals surface area (Å²) in [6.07, 6.45) is 0. The Morgan fingerprint density at radius 3 is 1.93 bits per heavy atom. The highest BCUT2D eigenvalue weighted by Gasteiger charge is 2.18. The standard InChI is InChI=1S/C24H23NO3/c1-17(19-9-5-3-6-10-19)25-18(2)23(26)20-13-15-22(16-14-20)28-24(27)21-11-7-4-8-12-21/h3-18,25H,1-2H3/t17-,18+/m1/s1. The van der Waals surface area contributed by atoms with Crippen LogP contribution in [0.3, 0.4) is 0 Å². The summed E-state index contributed by atoms with van der Waals surface area (Å²) in [7, 11) is 0. The van der Waals surface area contributed by atoms with Crippen molar-refractivity contribution >= 4 is 11.8 Å². The molecule has 0 aliphatic rings. The van der Waals surface area contributed by atoms with Crippen molar-refractivity contribution in [2.45, 2.75) is 25.9 Å². The first-order chi connectivity index (χ1) is 13.5. The molecule has 0 unspecified atom stereocenters. The van der Waals surface area contributed by atoms with E-state index >= 15 is 0 Å². The van der Waals surface area contributed by atoms with Crippen LogP contribution in [0.1, 0.15) is 46.2 Å². The minimum absolute atomic E-state index is 0.0104. The van der Waals surface area contributed by atoms with Crippen LogP contribution in [-0.2, 0) is 0 Å². The third-order valence-corrected chi connectivity index (χ3v) is 4.55. The topological polar surface area (TPSA) is 55.4 Å². The Balaban J connectivity index is 1.60. The Kier molecular flexibility index (Phi) is 6.35. The average Bonchev–Trinajstić information content (AvgIpc) is 2.75. The van der Waals surface area contributed by atoms with E-state index in [1.54, 1.807) is 48.5 Å². The molecule has 0 heterocycles. The van der Waals surface area contributed by atoms with Gasteiger partial charge in [-0.3, -0.25) is 4.79 Å². The molecule has 2 atom stereocenters. The maximum absolute atomic E-state index is 12.7. The van der Waals surface area contributed by atoms with Crippen molar-refractivity contribution in [3.05, 3.63) is 102 Å². The number of Topliss-reactive ketones (excluding diaryl/α,β-unsaturated/α-hetero) is 1. The first-order valence-electron chi connectivity index (χ1n) is 9.27. The van der Waals surface area contributed by atoms with Gasteiger partial charge in [-0.05, 0) is 55.8 Å². The first-order valence-corrected chi connectivity index (χ1v) is 9.27. The van der Waals surface area contributed by atoms with Crippen LogP contribution in [0.2, 0.25) is 0 Å². The largest absolute Gasteiger partial charge is 0.423 e. The zero-order chi connectivity index (χ0) is 19.9. The minimum Gasteiger partial charge on any atom is -0.423 e. The van der Waals surface area contributed by atoms with Crippen LogP contribution in [0.25, 0.3) is 0 Å². The quantitative estimate of drug-likeness (QED) is 0.366. The van der Waals surface area contributed by atoms with Crippen LogP contribution >= 0.6 is 0 Å². The summed E-state index contributed by atoms with van der Waals surface area (Å²) in [6.45, 7) is 3.89. The van der Waals surface area contributed by atoms with Gasteiger partial charge in [-0.2, -0.15) is 0 Å². The zero-order valence-electron chi connectivity index (χ0n) is 16.0. The van der Waals surface area contributed by atoms with Crippen molar-refractivity contribution in [3.8, 4) is 5.75 Å². The lowest BCUT2D eigenvalue weighted by atomic mass is 10.0. The summed E-state index contributed by atoms with van der Waals surface area (Å²) in [5.41, 5.74) is 2.18. The molecule has 142 valence electrons. The summed E-state index contributed by atoms with van der Waals surface area (Å²) < 4.78 is 5.35. The van der Waals surface area contributed by atoms with Crippen molar-refractivity contribution in [3.63, 3.8) is 0 Å². The highest BCUT2D eigenvalue weighted by molar-refractivity contribution is 6.00. The van der Waals surface area contributed by atoms with Gasteiger partial charge in [0.2, 0.25) is 0 Å². The Morgan fingerprint density at radius 2 is 1.32 bits per heavy atom. The maximum Gasteiger partial charge on any atom is 0.343 e. The van der Waals surface area contributed by atoms with Crippen LogP contribution < -0.4 is 10.1 Å². The number of carbonyl (C=O) groups is 2. The molecule has 28 heavy (non-hydrogen) atoms. The van der Waals surface area contributed by atoms with E-state index in [1.165, 1.54) is 0 Å². The van der Waals surface area contributed by atoms with Gasteiger partial charge in [0.15, 0.2) is 5.78 Å². The summed E-state index contributed by atoms with van der Waals surface area (Å²) in [5, 5.41) is 3.33. The lowest BCUT2D eigenvalue weighted by Gasteiger charge is -2.19. The van der Waals surface area contributed by atoms with Crippen molar-refractivity contribution in [2.75, 3.05) is 0 Å². The fourth-order valence-corrected chi connectivity index (χ4v) is 2.97. The van der Waals surface area contributed by atoms with Gasteiger partial charge in [0, 0.05) is 11.6 Å². The SMILES string of the molecule is C[C@H](N[C@H](C)c1ccccc1)C(=O)c1ccc(OC(=O)c2ccccc2)cc1. The molecule has 1 N–H and O–H groups in total. The molecular weight excluding hydrogens is 350 g/mol. The normalized spacial score (nSPS) is 12.8. The van der Waals surface area contributed by atoms with Crippen LogP contribution in [0, 0.1) is 0 Å². The first kappa shape index (κ1) is 19.5. The number of ether oxygens (including phenoxy) is 1. The summed E-state index contributed by atoms with van der Waals surface area (Å²) in [4.78, 5) is 24.8. The highest BCUT2D eigenvalue weighted by Crippen LogP contribution is 2.17. The van der Waals surface area contributed by atoms with Crippen LogP contribution in [0.15, 0.2) is 84.9 Å². The molecule has 4 nitrogen and oxygen atoms in total. The molecule has 3 rings (SSSR count). The molecule has 0 aliphatic heterocycles. The second-order valence-electron chi connectivity index (χ2n) is 6.66. The molecule has 0 aliphatic carbocycles. The number of carbonyl (C=O) groups excluding carboxylic acids is 2. The molecule has 0 fully saturated rings. The van der Waals surface area contributed by atoms with Gasteiger partial charge in [-0.25, -0.2) is 4.79 Å². The predicted octanol–water partition coefficient (Wildman–Crippen LogP) is 4.83. The predicted molar refractivity (Wildman–Crippen MR) is 110 cm³/mol. The smallest absolute Gasteiger partial charge is 0.343 e. The monoisotopic (exact) mass is 373 g/mol. The number of esters is 1. The van der Waals surface area contributed by atoms with E-state index in [9.17, 15) is 9.59 Å². The Morgan fingerprint density at radius 1 is 0.750 bits per heavy atom. The molecule has 0 saturated carbocycles. The van der Waals surface area contributed by atoms with Crippen LogP contribution in [0.4, 0.5) is 0 Å². The number of hydrogen-bond acceptors (Lipinski definition) is 4. The fraction of sp³-hybridized carbons (Fsp3) is 0.167. The molecule has 0 bridgehead atoms. The molecule has 0 spiro atoms. The average molecular weight is 373 g/mol. The fourth-order valence-electron chi connectivity index (χ4n) is 2.97. The molecule has 0 aromatic heterocycles. The number of benzene rings is 3. The lowest BCUT2D eigenvalue weighted by Crippen LogP contribution is -2.35. The van der Waals surface area contributed by atoms with E-state index in [-0.39, 0.29) is 17.9 Å². The van der Waals surface area contributed by atoms with Gasteiger partial charge >= 0.3 is 5.97 Å². The second kappa shape index (κ2) is 9.11. The van der Waals surface area contributed by atoms with Crippen molar-refractivity contribution in [1.29, 1.82) is 0 Å². The van der Waals surface area contributed by atoms with Gasteiger partial charge < -0.3 is 10.1 Å². The van der Waals surface area contributed by atoms with Crippen molar-refractivity contribution < 1.29 is 14.3 Å². The van der Waals surface area contributed by atoms with E-state index in [4.69, 9.17) is 4.74 Å². The molecule has 4 heteroatoms. The van der Waals surface area contributed by atoms with Crippen LogP contribution in [-0.4, -0.2) is 17.8 Å². The zero-order valence-corrected chi connectivity index (χ0v) is 16.0. The molecule has 0 saturated heterocycles. The second-order valence-corrected chi connectivity index (χ2v) is 6.66. The van der Waals surface area contributed by atoms with Crippen molar-refractivity contribution in [1.82, 2.24) is 5.32 Å². The molecular formula is C24H23NO3. The Hall–Kier alpha value is -3.24. The van der Waals surface area contributed by atoms with E-state index in [0.717, 1.165) is 5.56 Å². The number of nitrogens with one attached hydrogen (secondary N) is 1. The summed E-state index contributed by atoms with van der Waals surface area (Å²) in [6, 6.07) is 25.2. The van der Waals surface area contributed by atoms with E-state index in [0.29, 0.717) is 16.9 Å². The van der Waals surface area contributed by atoms with Gasteiger partial charge in [0.05, 0.1) is 11.6 Å². The van der Waals surface area contributed by atoms with Gasteiger partial charge in [0.1, 0.15) is 5.75 Å². The minimum atomic E-state index is -0.425. The molecule has 0 amide bonds. The Bertz CT molecular complexity index is 921. The van der Waals surface area contributed by atoms with Gasteiger partial charge in [0.25, 0.3) is 0 Å². The summed E-state index contributed by atoms with van der Waals surface area (Å²) in [5.74, 6) is -0.0289. The summed E-state index contributed by atoms with van der Waals surface area (Å²) >= 11 is 0. The Labute approximate surface area is 165 Å². The van der Waals surface area contributed by atoms with Gasteiger partial charge in [-0.15, -0.1) is 0 Å². The van der Waals surface area contributed by atoms with Gasteiger partial charge in [-0.1, -0.05) is 48.5 Å². The molecule has 3 aromatic rings. The van der Waals surface area contributed by atoms with E-state index < -0.39 is 5.97 Å². The van der Waals surface area contributed by atoms with E-state index in [1.807, 2.05) is 50.2 Å². The van der Waals surface area contributed by atoms with E-state index in [2.05, 4.69) is 5.32 Å². The highest BCUT2D eigenvalue weighted by atomic mass is 16.5. The van der Waals surface area contributed by atoms with Crippen LogP contribution in [0.5, 0.6) is 5.75 Å². The third-order valence-electron chi connectivity index (χ3n) is 4.55. The number of rotatable bonds is 7. The molecule has 3 aromatic carbocycles. The number of hydrogen-bond donors (Lipinski definition) is 1. The molecule has 0 radical (unpaired) electrons. The lowest BCUT2D eigenvalue weighted by molar-refractivity contribution is 0.0734. The maximum atomic E-state index is 12.7. The third kappa shape index (κ3) is 4.93.